The van der Waals surface area contributed by atoms with E-state index in [2.05, 4.69) is 37.9 Å². The highest BCUT2D eigenvalue weighted by Gasteiger charge is 2.33. The third kappa shape index (κ3) is 3.98. The molecule has 0 aromatic carbocycles. The topological polar surface area (TPSA) is 15.3 Å². The molecule has 0 radical (unpaired) electrons. The maximum absolute atomic E-state index is 3.77. The van der Waals surface area contributed by atoms with Gasteiger partial charge in [0, 0.05) is 18.6 Å². The van der Waals surface area contributed by atoms with E-state index in [1.807, 2.05) is 0 Å². The minimum absolute atomic E-state index is 0.771. The fourth-order valence-corrected chi connectivity index (χ4v) is 4.44. The van der Waals surface area contributed by atoms with Crippen molar-refractivity contribution in [2.75, 3.05) is 19.6 Å². The Bertz CT molecular complexity index is 279. The highest BCUT2D eigenvalue weighted by molar-refractivity contribution is 4.88. The summed E-state index contributed by atoms with van der Waals surface area (Å²) in [6.07, 6.45) is 8.50. The van der Waals surface area contributed by atoms with Gasteiger partial charge in [0.1, 0.15) is 0 Å². The van der Waals surface area contributed by atoms with Crippen LogP contribution < -0.4 is 5.32 Å². The summed E-state index contributed by atoms with van der Waals surface area (Å²) < 4.78 is 0. The molecule has 1 heterocycles. The molecule has 1 N–H and O–H groups in total. The Balaban J connectivity index is 1.95. The first-order valence-corrected chi connectivity index (χ1v) is 9.13. The summed E-state index contributed by atoms with van der Waals surface area (Å²) in [6, 6.07) is 1.56. The van der Waals surface area contributed by atoms with Gasteiger partial charge in [-0.2, -0.15) is 0 Å². The maximum Gasteiger partial charge on any atom is 0.0108 e. The van der Waals surface area contributed by atoms with Crippen molar-refractivity contribution in [1.29, 1.82) is 0 Å². The molecule has 1 aliphatic heterocycles. The van der Waals surface area contributed by atoms with E-state index in [0.717, 1.165) is 36.4 Å². The van der Waals surface area contributed by atoms with Crippen LogP contribution in [0.25, 0.3) is 0 Å². The first-order chi connectivity index (χ1) is 9.65. The molecule has 0 amide bonds. The summed E-state index contributed by atoms with van der Waals surface area (Å²) in [5.74, 6) is 2.74. The monoisotopic (exact) mass is 280 g/mol. The zero-order valence-corrected chi connectivity index (χ0v) is 14.2. The quantitative estimate of drug-likeness (QED) is 0.821. The van der Waals surface area contributed by atoms with Crippen LogP contribution in [0, 0.1) is 17.8 Å². The lowest BCUT2D eigenvalue weighted by atomic mass is 9.76. The summed E-state index contributed by atoms with van der Waals surface area (Å²) in [6.45, 7) is 13.3. The van der Waals surface area contributed by atoms with Crippen LogP contribution in [0.5, 0.6) is 0 Å². The highest BCUT2D eigenvalue weighted by Crippen LogP contribution is 2.33. The van der Waals surface area contributed by atoms with Crippen LogP contribution in [-0.2, 0) is 0 Å². The molecule has 5 unspecified atom stereocenters. The number of hydrogen-bond acceptors (Lipinski definition) is 2. The van der Waals surface area contributed by atoms with Gasteiger partial charge in [0.05, 0.1) is 0 Å². The number of nitrogens with one attached hydrogen (secondary N) is 1. The number of nitrogens with zero attached hydrogens (tertiary/aromatic N) is 1. The normalized spacial score (nSPS) is 39.9. The van der Waals surface area contributed by atoms with Crippen LogP contribution in [0.3, 0.4) is 0 Å². The second-order valence-corrected chi connectivity index (χ2v) is 7.37. The molecule has 1 saturated carbocycles. The number of rotatable bonds is 5. The van der Waals surface area contributed by atoms with E-state index < -0.39 is 0 Å². The van der Waals surface area contributed by atoms with Gasteiger partial charge in [-0.1, -0.05) is 27.2 Å². The van der Waals surface area contributed by atoms with Crippen molar-refractivity contribution in [3.8, 4) is 0 Å². The van der Waals surface area contributed by atoms with Crippen LogP contribution >= 0.6 is 0 Å². The van der Waals surface area contributed by atoms with Crippen molar-refractivity contribution in [3.05, 3.63) is 0 Å². The van der Waals surface area contributed by atoms with Crippen LogP contribution in [0.2, 0.25) is 0 Å². The van der Waals surface area contributed by atoms with Crippen molar-refractivity contribution < 1.29 is 0 Å². The van der Waals surface area contributed by atoms with Gasteiger partial charge in [-0.25, -0.2) is 0 Å². The van der Waals surface area contributed by atoms with Gasteiger partial charge in [0.15, 0.2) is 0 Å². The van der Waals surface area contributed by atoms with Crippen molar-refractivity contribution in [2.45, 2.75) is 78.3 Å². The lowest BCUT2D eigenvalue weighted by Crippen LogP contribution is -2.50. The molecule has 2 rings (SSSR count). The molecule has 2 aliphatic rings. The molecule has 118 valence electrons. The van der Waals surface area contributed by atoms with Crippen LogP contribution in [-0.4, -0.2) is 36.6 Å². The van der Waals surface area contributed by atoms with Gasteiger partial charge >= 0.3 is 0 Å². The van der Waals surface area contributed by atoms with Crippen LogP contribution in [0.4, 0.5) is 0 Å². The Morgan fingerprint density at radius 2 is 1.90 bits per heavy atom. The number of likely N-dealkylation sites (tertiary alicyclic amines) is 1. The number of piperidine rings is 1. The van der Waals surface area contributed by atoms with Crippen molar-refractivity contribution in [2.24, 2.45) is 17.8 Å². The lowest BCUT2D eigenvalue weighted by molar-refractivity contribution is 0.0669. The van der Waals surface area contributed by atoms with Gasteiger partial charge in [0.2, 0.25) is 0 Å². The Morgan fingerprint density at radius 3 is 2.60 bits per heavy atom. The predicted molar refractivity (Wildman–Crippen MR) is 88.0 cm³/mol. The predicted octanol–water partition coefficient (Wildman–Crippen LogP) is 3.91. The largest absolute Gasteiger partial charge is 0.314 e. The summed E-state index contributed by atoms with van der Waals surface area (Å²) in [5.41, 5.74) is 0. The average Bonchev–Trinajstić information content (AvgIpc) is 2.46. The first-order valence-electron chi connectivity index (χ1n) is 9.13. The molecule has 5 atom stereocenters. The number of hydrogen-bond donors (Lipinski definition) is 1. The average molecular weight is 280 g/mol. The SMILES string of the molecule is CCNC1CCC(CC)CC1CN1CCCC(C)C1C. The van der Waals surface area contributed by atoms with Gasteiger partial charge in [-0.15, -0.1) is 0 Å². The molecule has 2 nitrogen and oxygen atoms in total. The third-order valence-corrected chi connectivity index (χ3v) is 6.11. The van der Waals surface area contributed by atoms with Crippen molar-refractivity contribution >= 4 is 0 Å². The van der Waals surface area contributed by atoms with E-state index in [0.29, 0.717) is 0 Å². The van der Waals surface area contributed by atoms with E-state index >= 15 is 0 Å². The first kappa shape index (κ1) is 16.3. The lowest BCUT2D eigenvalue weighted by Gasteiger charge is -2.44. The van der Waals surface area contributed by atoms with Gasteiger partial charge < -0.3 is 10.2 Å². The maximum atomic E-state index is 3.77. The fourth-order valence-electron chi connectivity index (χ4n) is 4.44. The van der Waals surface area contributed by atoms with E-state index in [1.165, 1.54) is 51.6 Å². The van der Waals surface area contributed by atoms with E-state index in [-0.39, 0.29) is 0 Å². The molecule has 0 spiro atoms. The van der Waals surface area contributed by atoms with Crippen molar-refractivity contribution in [1.82, 2.24) is 10.2 Å². The van der Waals surface area contributed by atoms with E-state index in [4.69, 9.17) is 0 Å². The fraction of sp³-hybridized carbons (Fsp3) is 1.00. The third-order valence-electron chi connectivity index (χ3n) is 6.11. The second-order valence-electron chi connectivity index (χ2n) is 7.37. The van der Waals surface area contributed by atoms with Crippen molar-refractivity contribution in [3.63, 3.8) is 0 Å². The molecule has 0 aromatic heterocycles. The van der Waals surface area contributed by atoms with Gasteiger partial charge in [0.25, 0.3) is 0 Å². The Labute approximate surface area is 126 Å². The van der Waals surface area contributed by atoms with Crippen LogP contribution in [0.1, 0.15) is 66.2 Å². The van der Waals surface area contributed by atoms with E-state index in [9.17, 15) is 0 Å². The molecule has 1 saturated heterocycles. The van der Waals surface area contributed by atoms with E-state index in [1.54, 1.807) is 0 Å². The minimum atomic E-state index is 0.771. The van der Waals surface area contributed by atoms with Crippen LogP contribution in [0.15, 0.2) is 0 Å². The molecule has 0 bridgehead atoms. The molecule has 2 heteroatoms. The molecule has 0 aromatic rings. The zero-order chi connectivity index (χ0) is 14.5. The minimum Gasteiger partial charge on any atom is -0.314 e. The highest BCUT2D eigenvalue weighted by atomic mass is 15.2. The molecule has 20 heavy (non-hydrogen) atoms. The molecule has 2 fully saturated rings. The Kier molecular flexibility index (Phi) is 6.35. The summed E-state index contributed by atoms with van der Waals surface area (Å²) in [4.78, 5) is 2.79. The molecule has 1 aliphatic carbocycles. The Hall–Kier alpha value is -0.0800. The second kappa shape index (κ2) is 7.79. The molecular weight excluding hydrogens is 244 g/mol. The smallest absolute Gasteiger partial charge is 0.0108 e. The Morgan fingerprint density at radius 1 is 1.10 bits per heavy atom. The van der Waals surface area contributed by atoms with Gasteiger partial charge in [-0.3, -0.25) is 0 Å². The standard InChI is InChI=1S/C18H36N2/c1-5-16-9-10-18(19-6-2)17(12-16)13-20-11-7-8-14(3)15(20)4/h14-19H,5-13H2,1-4H3. The van der Waals surface area contributed by atoms with Gasteiger partial charge in [-0.05, 0) is 69.9 Å². The summed E-state index contributed by atoms with van der Waals surface area (Å²) >= 11 is 0. The zero-order valence-electron chi connectivity index (χ0n) is 14.2. The molecular formula is C18H36N2. The summed E-state index contributed by atoms with van der Waals surface area (Å²) in [5, 5.41) is 3.77. The summed E-state index contributed by atoms with van der Waals surface area (Å²) in [7, 11) is 0.